The van der Waals surface area contributed by atoms with Crippen LogP contribution in [0.25, 0.3) is 22.0 Å². The van der Waals surface area contributed by atoms with Gasteiger partial charge in [0.25, 0.3) is 0 Å². The van der Waals surface area contributed by atoms with E-state index in [1.165, 1.54) is 6.07 Å². The van der Waals surface area contributed by atoms with E-state index in [0.29, 0.717) is 11.3 Å². The summed E-state index contributed by atoms with van der Waals surface area (Å²) in [5.74, 6) is -0.273. The number of halogens is 1. The van der Waals surface area contributed by atoms with Crippen LogP contribution in [0, 0.1) is 12.7 Å². The lowest BCUT2D eigenvalue weighted by molar-refractivity contribution is 0.630. The summed E-state index contributed by atoms with van der Waals surface area (Å²) in [5, 5.41) is 0.985. The monoisotopic (exact) mass is 252 g/mol. The summed E-state index contributed by atoms with van der Waals surface area (Å²) < 4.78 is 14.2. The number of para-hydroxylation sites is 1. The molecule has 94 valence electrons. The van der Waals surface area contributed by atoms with Crippen molar-refractivity contribution in [3.8, 4) is 11.1 Å². The number of benzene rings is 2. The van der Waals surface area contributed by atoms with Gasteiger partial charge in [-0.05, 0) is 30.7 Å². The zero-order chi connectivity index (χ0) is 13.4. The molecule has 0 saturated carbocycles. The molecule has 2 nitrogen and oxygen atoms in total. The lowest BCUT2D eigenvalue weighted by Crippen LogP contribution is -1.94. The molecule has 0 saturated heterocycles. The molecule has 3 rings (SSSR count). The van der Waals surface area contributed by atoms with Crippen molar-refractivity contribution in [1.82, 2.24) is 4.98 Å². The largest absolute Gasteiger partial charge is 0.398 e. The van der Waals surface area contributed by atoms with Crippen LogP contribution in [0.2, 0.25) is 0 Å². The van der Waals surface area contributed by atoms with Gasteiger partial charge < -0.3 is 5.73 Å². The third kappa shape index (κ3) is 1.93. The number of nitrogens with two attached hydrogens (primary N) is 1. The van der Waals surface area contributed by atoms with Gasteiger partial charge in [-0.1, -0.05) is 24.3 Å². The van der Waals surface area contributed by atoms with E-state index in [-0.39, 0.29) is 5.82 Å². The third-order valence-corrected chi connectivity index (χ3v) is 3.28. The Hall–Kier alpha value is -2.42. The molecule has 1 heterocycles. The van der Waals surface area contributed by atoms with Crippen molar-refractivity contribution in [3.05, 3.63) is 60.0 Å². The molecule has 0 radical (unpaired) electrons. The fourth-order valence-corrected chi connectivity index (χ4v) is 2.22. The number of hydrogen-bond acceptors (Lipinski definition) is 2. The predicted octanol–water partition coefficient (Wildman–Crippen LogP) is 3.93. The molecule has 1 aromatic heterocycles. The van der Waals surface area contributed by atoms with Crippen LogP contribution in [0.1, 0.15) is 5.56 Å². The Bertz CT molecular complexity index is 761. The van der Waals surface area contributed by atoms with E-state index in [0.717, 1.165) is 22.0 Å². The standard InChI is InChI=1S/C16H13FN2/c1-10-8-14(17)13(9-15(10)18)12-6-2-4-11-5-3-7-19-16(11)12/h2-9H,18H2,1H3. The smallest absolute Gasteiger partial charge is 0.131 e. The number of hydrogen-bond donors (Lipinski definition) is 1. The van der Waals surface area contributed by atoms with Crippen LogP contribution in [0.15, 0.2) is 48.7 Å². The molecule has 0 aliphatic rings. The Labute approximate surface area is 110 Å². The van der Waals surface area contributed by atoms with Gasteiger partial charge in [0.2, 0.25) is 0 Å². The SMILES string of the molecule is Cc1cc(F)c(-c2cccc3cccnc23)cc1N. The Morgan fingerprint density at radius 2 is 1.84 bits per heavy atom. The van der Waals surface area contributed by atoms with Crippen LogP contribution in [-0.2, 0) is 0 Å². The van der Waals surface area contributed by atoms with Gasteiger partial charge in [0.05, 0.1) is 5.52 Å². The Morgan fingerprint density at radius 1 is 1.05 bits per heavy atom. The number of aromatic nitrogens is 1. The van der Waals surface area contributed by atoms with E-state index in [1.54, 1.807) is 19.2 Å². The fourth-order valence-electron chi connectivity index (χ4n) is 2.22. The van der Waals surface area contributed by atoms with E-state index in [1.807, 2.05) is 30.3 Å². The maximum atomic E-state index is 14.2. The molecule has 0 aliphatic carbocycles. The number of pyridine rings is 1. The van der Waals surface area contributed by atoms with Gasteiger partial charge >= 0.3 is 0 Å². The highest BCUT2D eigenvalue weighted by Gasteiger charge is 2.11. The molecule has 3 heteroatoms. The predicted molar refractivity (Wildman–Crippen MR) is 76.3 cm³/mol. The van der Waals surface area contributed by atoms with Crippen molar-refractivity contribution in [2.75, 3.05) is 5.73 Å². The normalized spacial score (nSPS) is 10.8. The van der Waals surface area contributed by atoms with Gasteiger partial charge in [0.1, 0.15) is 5.82 Å². The second-order valence-corrected chi connectivity index (χ2v) is 4.57. The minimum Gasteiger partial charge on any atom is -0.398 e. The molecular weight excluding hydrogens is 239 g/mol. The first-order valence-corrected chi connectivity index (χ1v) is 6.06. The Kier molecular flexibility index (Phi) is 2.67. The summed E-state index contributed by atoms with van der Waals surface area (Å²) in [6.07, 6.45) is 1.71. The molecule has 3 aromatic rings. The number of fused-ring (bicyclic) bond motifs is 1. The maximum Gasteiger partial charge on any atom is 0.131 e. The summed E-state index contributed by atoms with van der Waals surface area (Å²) in [6, 6.07) is 12.7. The number of rotatable bonds is 1. The van der Waals surface area contributed by atoms with E-state index in [9.17, 15) is 4.39 Å². The van der Waals surface area contributed by atoms with Crippen molar-refractivity contribution in [2.45, 2.75) is 6.92 Å². The quantitative estimate of drug-likeness (QED) is 0.666. The van der Waals surface area contributed by atoms with Crippen LogP contribution in [0.5, 0.6) is 0 Å². The van der Waals surface area contributed by atoms with E-state index in [2.05, 4.69) is 4.98 Å². The van der Waals surface area contributed by atoms with Gasteiger partial charge in [-0.15, -0.1) is 0 Å². The molecule has 0 unspecified atom stereocenters. The first-order chi connectivity index (χ1) is 9.16. The highest BCUT2D eigenvalue weighted by Crippen LogP contribution is 2.31. The summed E-state index contributed by atoms with van der Waals surface area (Å²) in [5.41, 5.74) is 9.26. The van der Waals surface area contributed by atoms with Gasteiger partial charge in [-0.3, -0.25) is 4.98 Å². The van der Waals surface area contributed by atoms with Crippen molar-refractivity contribution < 1.29 is 4.39 Å². The Balaban J connectivity index is 2.33. The van der Waals surface area contributed by atoms with E-state index in [4.69, 9.17) is 5.73 Å². The van der Waals surface area contributed by atoms with Crippen LogP contribution < -0.4 is 5.73 Å². The first-order valence-electron chi connectivity index (χ1n) is 6.06. The summed E-state index contributed by atoms with van der Waals surface area (Å²) in [4.78, 5) is 4.34. The van der Waals surface area contributed by atoms with Gasteiger partial charge in [-0.25, -0.2) is 4.39 Å². The first kappa shape index (κ1) is 11.7. The van der Waals surface area contributed by atoms with Crippen molar-refractivity contribution in [3.63, 3.8) is 0 Å². The fraction of sp³-hybridized carbons (Fsp3) is 0.0625. The lowest BCUT2D eigenvalue weighted by Gasteiger charge is -2.09. The molecule has 0 fully saturated rings. The van der Waals surface area contributed by atoms with E-state index >= 15 is 0 Å². The molecule has 0 atom stereocenters. The van der Waals surface area contributed by atoms with Crippen molar-refractivity contribution in [1.29, 1.82) is 0 Å². The zero-order valence-corrected chi connectivity index (χ0v) is 10.5. The van der Waals surface area contributed by atoms with Crippen LogP contribution in [0.3, 0.4) is 0 Å². The second-order valence-electron chi connectivity index (χ2n) is 4.57. The summed E-state index contributed by atoms with van der Waals surface area (Å²) in [6.45, 7) is 1.80. The highest BCUT2D eigenvalue weighted by atomic mass is 19.1. The number of anilines is 1. The van der Waals surface area contributed by atoms with Gasteiger partial charge in [0, 0.05) is 28.4 Å². The van der Waals surface area contributed by atoms with Gasteiger partial charge in [-0.2, -0.15) is 0 Å². The maximum absolute atomic E-state index is 14.2. The van der Waals surface area contributed by atoms with Gasteiger partial charge in [0.15, 0.2) is 0 Å². The molecule has 19 heavy (non-hydrogen) atoms. The molecule has 2 aromatic carbocycles. The van der Waals surface area contributed by atoms with E-state index < -0.39 is 0 Å². The molecule has 2 N–H and O–H groups in total. The second kappa shape index (κ2) is 4.35. The minimum atomic E-state index is -0.273. The molecular formula is C16H13FN2. The highest BCUT2D eigenvalue weighted by molar-refractivity contribution is 5.94. The minimum absolute atomic E-state index is 0.273. The van der Waals surface area contributed by atoms with Crippen LogP contribution in [0.4, 0.5) is 10.1 Å². The molecule has 0 aliphatic heterocycles. The summed E-state index contributed by atoms with van der Waals surface area (Å²) >= 11 is 0. The molecule has 0 amide bonds. The van der Waals surface area contributed by atoms with Crippen LogP contribution >= 0.6 is 0 Å². The van der Waals surface area contributed by atoms with Crippen molar-refractivity contribution in [2.24, 2.45) is 0 Å². The number of nitrogen functional groups attached to an aromatic ring is 1. The molecule has 0 bridgehead atoms. The molecule has 0 spiro atoms. The Morgan fingerprint density at radius 3 is 2.68 bits per heavy atom. The van der Waals surface area contributed by atoms with Crippen molar-refractivity contribution >= 4 is 16.6 Å². The average Bonchev–Trinajstić information content (AvgIpc) is 2.42. The van der Waals surface area contributed by atoms with Crippen LogP contribution in [-0.4, -0.2) is 4.98 Å². The number of nitrogens with zero attached hydrogens (tertiary/aromatic N) is 1. The topological polar surface area (TPSA) is 38.9 Å². The zero-order valence-electron chi connectivity index (χ0n) is 10.5. The number of aryl methyl sites for hydroxylation is 1. The third-order valence-electron chi connectivity index (χ3n) is 3.28. The average molecular weight is 252 g/mol. The summed E-state index contributed by atoms with van der Waals surface area (Å²) in [7, 11) is 0. The lowest BCUT2D eigenvalue weighted by atomic mass is 9.99.